The van der Waals surface area contributed by atoms with Crippen LogP contribution in [0.25, 0.3) is 5.82 Å². The van der Waals surface area contributed by atoms with Gasteiger partial charge in [0.1, 0.15) is 11.6 Å². The summed E-state index contributed by atoms with van der Waals surface area (Å²) < 4.78 is 15.0. The fourth-order valence-electron chi connectivity index (χ4n) is 3.39. The Hall–Kier alpha value is -3.55. The summed E-state index contributed by atoms with van der Waals surface area (Å²) in [5.41, 5.74) is 7.50. The molecule has 7 nitrogen and oxygen atoms in total. The molecule has 1 saturated heterocycles. The summed E-state index contributed by atoms with van der Waals surface area (Å²) in [6.07, 6.45) is 1.57. The lowest BCUT2D eigenvalue weighted by molar-refractivity contribution is -0.121. The molecule has 136 valence electrons. The van der Waals surface area contributed by atoms with Crippen molar-refractivity contribution in [2.24, 2.45) is 0 Å². The monoisotopic (exact) mass is 365 g/mol. The number of carbonyl (C=O) groups is 2. The highest BCUT2D eigenvalue weighted by atomic mass is 19.1. The fraction of sp³-hybridized carbons (Fsp3) is 0.158. The molecule has 0 unspecified atom stereocenters. The number of nitrogen functional groups attached to an aromatic ring is 1. The van der Waals surface area contributed by atoms with Crippen LogP contribution in [0.3, 0.4) is 0 Å². The van der Waals surface area contributed by atoms with E-state index >= 15 is 0 Å². The average molecular weight is 365 g/mol. The normalized spacial score (nSPS) is 17.0. The highest BCUT2D eigenvalue weighted by molar-refractivity contribution is 6.23. The summed E-state index contributed by atoms with van der Waals surface area (Å²) in [4.78, 5) is 30.7. The minimum atomic E-state index is -0.766. The molecule has 1 aromatic carbocycles. The zero-order valence-electron chi connectivity index (χ0n) is 14.5. The van der Waals surface area contributed by atoms with Gasteiger partial charge in [-0.15, -0.1) is 0 Å². The van der Waals surface area contributed by atoms with E-state index in [0.717, 1.165) is 11.0 Å². The van der Waals surface area contributed by atoms with Gasteiger partial charge in [-0.05, 0) is 37.3 Å². The Morgan fingerprint density at radius 2 is 2.00 bits per heavy atom. The summed E-state index contributed by atoms with van der Waals surface area (Å²) in [7, 11) is 0. The molecule has 0 aliphatic carbocycles. The van der Waals surface area contributed by atoms with Crippen molar-refractivity contribution in [1.82, 2.24) is 14.8 Å². The van der Waals surface area contributed by atoms with Gasteiger partial charge in [0.05, 0.1) is 17.3 Å². The topological polar surface area (TPSA) is 94.1 Å². The first kappa shape index (κ1) is 16.9. The van der Waals surface area contributed by atoms with Crippen LogP contribution in [0.5, 0.6) is 0 Å². The molecule has 2 aromatic heterocycles. The van der Waals surface area contributed by atoms with Crippen molar-refractivity contribution in [3.8, 4) is 5.82 Å². The Morgan fingerprint density at radius 3 is 2.70 bits per heavy atom. The third-order valence-electron chi connectivity index (χ3n) is 4.57. The second kappa shape index (κ2) is 6.31. The average Bonchev–Trinajstić information content (AvgIpc) is 3.10. The molecule has 27 heavy (non-hydrogen) atoms. The summed E-state index contributed by atoms with van der Waals surface area (Å²) >= 11 is 0. The van der Waals surface area contributed by atoms with Gasteiger partial charge in [-0.25, -0.2) is 14.3 Å². The van der Waals surface area contributed by atoms with Crippen LogP contribution in [0.1, 0.15) is 23.6 Å². The summed E-state index contributed by atoms with van der Waals surface area (Å²) in [5, 5.41) is 4.38. The van der Waals surface area contributed by atoms with Crippen molar-refractivity contribution >= 4 is 23.3 Å². The molecule has 2 N–H and O–H groups in total. The van der Waals surface area contributed by atoms with Gasteiger partial charge in [0.25, 0.3) is 0 Å². The van der Waals surface area contributed by atoms with E-state index in [9.17, 15) is 14.0 Å². The molecule has 0 spiro atoms. The van der Waals surface area contributed by atoms with E-state index in [2.05, 4.69) is 10.1 Å². The number of hydrogen-bond acceptors (Lipinski definition) is 5. The van der Waals surface area contributed by atoms with E-state index in [0.29, 0.717) is 17.1 Å². The quantitative estimate of drug-likeness (QED) is 0.719. The van der Waals surface area contributed by atoms with Crippen molar-refractivity contribution in [1.29, 1.82) is 0 Å². The second-order valence-electron chi connectivity index (χ2n) is 6.29. The number of aromatic nitrogens is 3. The number of amides is 2. The summed E-state index contributed by atoms with van der Waals surface area (Å²) in [6, 6.07) is 10.7. The van der Waals surface area contributed by atoms with Gasteiger partial charge < -0.3 is 5.73 Å². The van der Waals surface area contributed by atoms with Gasteiger partial charge in [0, 0.05) is 18.2 Å². The lowest BCUT2D eigenvalue weighted by atomic mass is 9.97. The Balaban J connectivity index is 1.74. The number of pyridine rings is 1. The van der Waals surface area contributed by atoms with E-state index in [1.165, 1.54) is 22.9 Å². The van der Waals surface area contributed by atoms with Crippen LogP contribution in [-0.4, -0.2) is 26.6 Å². The van der Waals surface area contributed by atoms with E-state index in [-0.39, 0.29) is 17.9 Å². The molecule has 1 aliphatic heterocycles. The maximum Gasteiger partial charge on any atom is 0.242 e. The van der Waals surface area contributed by atoms with E-state index in [1.54, 1.807) is 31.3 Å². The Bertz CT molecular complexity index is 1050. The molecule has 0 radical (unpaired) electrons. The SMILES string of the molecule is Cc1nn(-c2ccccn2)c(N)c1[C@@H]1CC(=O)N(c2cccc(F)c2)C1=O. The second-order valence-corrected chi connectivity index (χ2v) is 6.29. The highest BCUT2D eigenvalue weighted by Gasteiger charge is 2.43. The number of aryl methyl sites for hydroxylation is 1. The van der Waals surface area contributed by atoms with Crippen LogP contribution in [0, 0.1) is 12.7 Å². The molecular formula is C19H16FN5O2. The van der Waals surface area contributed by atoms with Crippen LogP contribution in [0.15, 0.2) is 48.7 Å². The number of hydrogen-bond donors (Lipinski definition) is 1. The lowest BCUT2D eigenvalue weighted by Gasteiger charge is -2.15. The van der Waals surface area contributed by atoms with Crippen LogP contribution in [-0.2, 0) is 9.59 Å². The smallest absolute Gasteiger partial charge is 0.242 e. The lowest BCUT2D eigenvalue weighted by Crippen LogP contribution is -2.30. The maximum absolute atomic E-state index is 13.5. The first-order valence-corrected chi connectivity index (χ1v) is 8.36. The van der Waals surface area contributed by atoms with Crippen LogP contribution in [0.4, 0.5) is 15.9 Å². The largest absolute Gasteiger partial charge is 0.383 e. The van der Waals surface area contributed by atoms with Crippen molar-refractivity contribution in [3.05, 3.63) is 65.7 Å². The zero-order chi connectivity index (χ0) is 19.1. The molecule has 1 aliphatic rings. The molecule has 1 atom stereocenters. The number of nitrogens with zero attached hydrogens (tertiary/aromatic N) is 4. The van der Waals surface area contributed by atoms with Crippen LogP contribution >= 0.6 is 0 Å². The van der Waals surface area contributed by atoms with Gasteiger partial charge in [-0.2, -0.15) is 9.78 Å². The van der Waals surface area contributed by atoms with Crippen molar-refractivity contribution in [3.63, 3.8) is 0 Å². The number of anilines is 2. The fourth-order valence-corrected chi connectivity index (χ4v) is 3.39. The molecule has 2 amide bonds. The van der Waals surface area contributed by atoms with Gasteiger partial charge in [-0.3, -0.25) is 9.59 Å². The third kappa shape index (κ3) is 2.75. The Kier molecular flexibility index (Phi) is 3.95. The predicted molar refractivity (Wildman–Crippen MR) is 96.8 cm³/mol. The number of rotatable bonds is 3. The molecule has 3 heterocycles. The highest BCUT2D eigenvalue weighted by Crippen LogP contribution is 2.37. The van der Waals surface area contributed by atoms with E-state index in [4.69, 9.17) is 5.73 Å². The minimum Gasteiger partial charge on any atom is -0.383 e. The number of halogens is 1. The van der Waals surface area contributed by atoms with Crippen molar-refractivity contribution in [2.45, 2.75) is 19.3 Å². The number of carbonyl (C=O) groups excluding carboxylic acids is 2. The molecule has 0 saturated carbocycles. The van der Waals surface area contributed by atoms with Crippen LogP contribution < -0.4 is 10.6 Å². The molecule has 3 aromatic rings. The maximum atomic E-state index is 13.5. The first-order valence-electron chi connectivity index (χ1n) is 8.36. The molecule has 1 fully saturated rings. The zero-order valence-corrected chi connectivity index (χ0v) is 14.5. The van der Waals surface area contributed by atoms with Crippen molar-refractivity contribution in [2.75, 3.05) is 10.6 Å². The van der Waals surface area contributed by atoms with E-state index in [1.807, 2.05) is 0 Å². The number of benzene rings is 1. The molecular weight excluding hydrogens is 349 g/mol. The summed E-state index contributed by atoms with van der Waals surface area (Å²) in [5.74, 6) is -1.35. The Morgan fingerprint density at radius 1 is 1.19 bits per heavy atom. The number of nitrogens with two attached hydrogens (primary N) is 1. The number of imide groups is 1. The Labute approximate surface area is 154 Å². The van der Waals surface area contributed by atoms with Gasteiger partial charge in [0.15, 0.2) is 5.82 Å². The minimum absolute atomic E-state index is 0.0473. The summed E-state index contributed by atoms with van der Waals surface area (Å²) in [6.45, 7) is 1.73. The third-order valence-corrected chi connectivity index (χ3v) is 4.57. The van der Waals surface area contributed by atoms with Crippen molar-refractivity contribution < 1.29 is 14.0 Å². The predicted octanol–water partition coefficient (Wildman–Crippen LogP) is 2.34. The van der Waals surface area contributed by atoms with Gasteiger partial charge in [0.2, 0.25) is 11.8 Å². The standard InChI is InChI=1S/C19H16FN5O2/c1-11-17(18(21)25(23-11)15-7-2-3-8-22-15)14-10-16(26)24(19(14)27)13-6-4-5-12(20)9-13/h2-9,14H,10,21H2,1H3/t14-/m0/s1. The van der Waals surface area contributed by atoms with Gasteiger partial charge in [-0.1, -0.05) is 12.1 Å². The van der Waals surface area contributed by atoms with E-state index < -0.39 is 23.5 Å². The molecule has 8 heteroatoms. The molecule has 4 rings (SSSR count). The first-order chi connectivity index (χ1) is 13.0. The van der Waals surface area contributed by atoms with Gasteiger partial charge >= 0.3 is 0 Å². The molecule has 0 bridgehead atoms. The van der Waals surface area contributed by atoms with Crippen LogP contribution in [0.2, 0.25) is 0 Å².